The monoisotopic (exact) mass is 530 g/mol. The number of ether oxygens (including phenoxy) is 1. The van der Waals surface area contributed by atoms with Crippen LogP contribution in [0.5, 0.6) is 0 Å². The molecule has 0 unspecified atom stereocenters. The highest BCUT2D eigenvalue weighted by Gasteiger charge is 2.42. The van der Waals surface area contributed by atoms with Gasteiger partial charge in [-0.3, -0.25) is 4.98 Å². The van der Waals surface area contributed by atoms with Gasteiger partial charge in [-0.15, -0.1) is 0 Å². The Hall–Kier alpha value is -3.39. The maximum atomic E-state index is 6.47. The van der Waals surface area contributed by atoms with Gasteiger partial charge >= 0.3 is 0 Å². The topological polar surface area (TPSA) is 53.8 Å². The molecule has 0 spiro atoms. The van der Waals surface area contributed by atoms with Gasteiger partial charge in [0.2, 0.25) is 0 Å². The van der Waals surface area contributed by atoms with Gasteiger partial charge in [-0.1, -0.05) is 29.8 Å². The second-order valence-electron chi connectivity index (χ2n) is 9.28. The number of morpholine rings is 1. The number of pyridine rings is 1. The Morgan fingerprint density at radius 3 is 2.49 bits per heavy atom. The number of furan rings is 1. The number of halogens is 1. The van der Waals surface area contributed by atoms with E-state index in [1.807, 2.05) is 55.5 Å². The summed E-state index contributed by atoms with van der Waals surface area (Å²) in [6.45, 7) is 5.28. The van der Waals surface area contributed by atoms with Crippen LogP contribution in [0.4, 0.5) is 11.4 Å². The Balaban J connectivity index is 1.37. The van der Waals surface area contributed by atoms with Gasteiger partial charge in [-0.25, -0.2) is 0 Å². The van der Waals surface area contributed by atoms with Crippen LogP contribution >= 0.6 is 23.8 Å². The fraction of sp³-hybridized carbons (Fsp3) is 0.241. The van der Waals surface area contributed by atoms with E-state index in [-0.39, 0.29) is 12.1 Å². The summed E-state index contributed by atoms with van der Waals surface area (Å²) in [5.41, 5.74) is 5.04. The summed E-state index contributed by atoms with van der Waals surface area (Å²) >= 11 is 12.3. The first-order valence-electron chi connectivity index (χ1n) is 12.4. The largest absolute Gasteiger partial charge is 0.459 e. The summed E-state index contributed by atoms with van der Waals surface area (Å²) in [7, 11) is 0. The lowest BCUT2D eigenvalue weighted by molar-refractivity contribution is 0.122. The van der Waals surface area contributed by atoms with E-state index in [1.165, 1.54) is 5.69 Å². The van der Waals surface area contributed by atoms with Crippen LogP contribution in [-0.4, -0.2) is 36.4 Å². The predicted molar refractivity (Wildman–Crippen MR) is 151 cm³/mol. The zero-order chi connectivity index (χ0) is 25.4. The van der Waals surface area contributed by atoms with Gasteiger partial charge in [0.25, 0.3) is 0 Å². The molecule has 2 saturated heterocycles. The Bertz CT molecular complexity index is 1400. The average Bonchev–Trinajstić information content (AvgIpc) is 3.56. The van der Waals surface area contributed by atoms with E-state index < -0.39 is 0 Å². The van der Waals surface area contributed by atoms with Crippen molar-refractivity contribution in [1.82, 2.24) is 10.3 Å². The van der Waals surface area contributed by atoms with Crippen molar-refractivity contribution in [2.75, 3.05) is 36.1 Å². The maximum absolute atomic E-state index is 6.47. The lowest BCUT2D eigenvalue weighted by Gasteiger charge is -2.30. The number of aryl methyl sites for hydroxylation is 1. The minimum absolute atomic E-state index is 0.173. The number of anilines is 2. The number of benzene rings is 2. The molecule has 0 radical (unpaired) electrons. The summed E-state index contributed by atoms with van der Waals surface area (Å²) in [4.78, 5) is 9.10. The average molecular weight is 531 g/mol. The summed E-state index contributed by atoms with van der Waals surface area (Å²) in [5.74, 6) is 1.56. The summed E-state index contributed by atoms with van der Waals surface area (Å²) in [6, 6.07) is 24.1. The first-order chi connectivity index (χ1) is 18.1. The van der Waals surface area contributed by atoms with Crippen LogP contribution in [0.25, 0.3) is 11.3 Å². The third-order valence-electron chi connectivity index (χ3n) is 6.98. The first-order valence-corrected chi connectivity index (χ1v) is 13.2. The zero-order valence-corrected chi connectivity index (χ0v) is 22.0. The number of nitrogens with one attached hydrogen (secondary N) is 1. The van der Waals surface area contributed by atoms with Crippen molar-refractivity contribution in [3.63, 3.8) is 0 Å². The van der Waals surface area contributed by atoms with E-state index >= 15 is 0 Å². The molecule has 37 heavy (non-hydrogen) atoms. The van der Waals surface area contributed by atoms with E-state index in [0.717, 1.165) is 60.3 Å². The Kier molecular flexibility index (Phi) is 6.59. The molecule has 4 heterocycles. The molecule has 6 rings (SSSR count). The van der Waals surface area contributed by atoms with Crippen molar-refractivity contribution in [3.8, 4) is 11.3 Å². The molecule has 0 amide bonds. The Morgan fingerprint density at radius 1 is 0.973 bits per heavy atom. The maximum Gasteiger partial charge on any atom is 0.174 e. The van der Waals surface area contributed by atoms with Crippen molar-refractivity contribution in [2.24, 2.45) is 0 Å². The second-order valence-corrected chi connectivity index (χ2v) is 10.1. The fourth-order valence-corrected chi connectivity index (χ4v) is 5.51. The molecular formula is C29H27ClN4O2S. The van der Waals surface area contributed by atoms with Gasteiger partial charge in [-0.05, 0) is 79.3 Å². The van der Waals surface area contributed by atoms with Gasteiger partial charge < -0.3 is 24.3 Å². The summed E-state index contributed by atoms with van der Waals surface area (Å²) in [6.07, 6.45) is 1.80. The number of hydrogen-bond acceptors (Lipinski definition) is 5. The minimum atomic E-state index is -0.216. The highest BCUT2D eigenvalue weighted by atomic mass is 35.5. The van der Waals surface area contributed by atoms with Crippen LogP contribution < -0.4 is 15.1 Å². The molecule has 0 saturated carbocycles. The van der Waals surface area contributed by atoms with E-state index in [9.17, 15) is 0 Å². The van der Waals surface area contributed by atoms with E-state index in [2.05, 4.69) is 44.4 Å². The zero-order valence-electron chi connectivity index (χ0n) is 20.4. The van der Waals surface area contributed by atoms with Crippen LogP contribution in [0, 0.1) is 6.92 Å². The smallest absolute Gasteiger partial charge is 0.174 e. The lowest BCUT2D eigenvalue weighted by atomic mass is 10.0. The molecule has 8 heteroatoms. The van der Waals surface area contributed by atoms with Crippen molar-refractivity contribution in [2.45, 2.75) is 19.0 Å². The minimum Gasteiger partial charge on any atom is -0.459 e. The second kappa shape index (κ2) is 10.2. The molecule has 2 aromatic carbocycles. The third kappa shape index (κ3) is 4.70. The highest BCUT2D eigenvalue weighted by Crippen LogP contribution is 2.43. The number of nitrogens with zero attached hydrogens (tertiary/aromatic N) is 3. The molecule has 2 aliphatic heterocycles. The molecule has 0 bridgehead atoms. The van der Waals surface area contributed by atoms with Crippen LogP contribution in [-0.2, 0) is 4.74 Å². The Labute approximate surface area is 226 Å². The quantitative estimate of drug-likeness (QED) is 0.303. The summed E-state index contributed by atoms with van der Waals surface area (Å²) in [5, 5.41) is 4.85. The molecule has 4 aromatic rings. The first kappa shape index (κ1) is 24.0. The summed E-state index contributed by atoms with van der Waals surface area (Å²) < 4.78 is 12.0. The molecule has 188 valence electrons. The molecule has 2 aliphatic rings. The number of thiocarbonyl (C=S) groups is 1. The Morgan fingerprint density at radius 2 is 1.76 bits per heavy atom. The van der Waals surface area contributed by atoms with E-state index in [0.29, 0.717) is 10.1 Å². The molecule has 2 fully saturated rings. The highest BCUT2D eigenvalue weighted by molar-refractivity contribution is 7.80. The van der Waals surface area contributed by atoms with E-state index in [1.54, 1.807) is 6.20 Å². The van der Waals surface area contributed by atoms with Gasteiger partial charge in [0.1, 0.15) is 17.6 Å². The molecular weight excluding hydrogens is 504 g/mol. The number of aromatic nitrogens is 1. The van der Waals surface area contributed by atoms with Crippen molar-refractivity contribution >= 4 is 40.3 Å². The van der Waals surface area contributed by atoms with Crippen LogP contribution in [0.1, 0.15) is 29.1 Å². The van der Waals surface area contributed by atoms with Crippen LogP contribution in [0.15, 0.2) is 83.4 Å². The standard InChI is InChI=1S/C29H27ClN4O2S/c1-19-5-6-20(18-23(19)30)25-11-12-26(36-25)28-27(24-4-2-3-13-31-24)32-29(37)34(28)22-9-7-21(8-10-22)33-14-16-35-17-15-33/h2-13,18,27-28H,14-17H2,1H3,(H,32,37)/t27-,28+/m0/s1. The molecule has 2 atom stereocenters. The van der Waals surface area contributed by atoms with Gasteiger partial charge in [0.15, 0.2) is 5.11 Å². The van der Waals surface area contributed by atoms with Crippen LogP contribution in [0.2, 0.25) is 5.02 Å². The van der Waals surface area contributed by atoms with E-state index in [4.69, 9.17) is 33.0 Å². The number of rotatable bonds is 5. The SMILES string of the molecule is Cc1ccc(-c2ccc([C@@H]3[C@H](c4ccccn4)NC(=S)N3c3ccc(N4CCOCC4)cc3)o2)cc1Cl. The number of hydrogen-bond donors (Lipinski definition) is 1. The molecule has 6 nitrogen and oxygen atoms in total. The molecule has 0 aliphatic carbocycles. The van der Waals surface area contributed by atoms with Gasteiger partial charge in [-0.2, -0.15) is 0 Å². The molecule has 2 aromatic heterocycles. The van der Waals surface area contributed by atoms with Gasteiger partial charge in [0.05, 0.1) is 24.9 Å². The van der Waals surface area contributed by atoms with Crippen molar-refractivity contribution < 1.29 is 9.15 Å². The lowest BCUT2D eigenvalue weighted by Crippen LogP contribution is -2.36. The van der Waals surface area contributed by atoms with Gasteiger partial charge in [0, 0.05) is 41.2 Å². The fourth-order valence-electron chi connectivity index (χ4n) is 4.98. The predicted octanol–water partition coefficient (Wildman–Crippen LogP) is 6.32. The van der Waals surface area contributed by atoms with Crippen LogP contribution in [0.3, 0.4) is 0 Å². The molecule has 1 N–H and O–H groups in total. The normalized spacial score (nSPS) is 19.8. The van der Waals surface area contributed by atoms with Crippen molar-refractivity contribution in [1.29, 1.82) is 0 Å². The van der Waals surface area contributed by atoms with Crippen molar-refractivity contribution in [3.05, 3.63) is 101 Å². The third-order valence-corrected chi connectivity index (χ3v) is 7.70.